The predicted octanol–water partition coefficient (Wildman–Crippen LogP) is 2.85. The molecule has 0 radical (unpaired) electrons. The minimum Gasteiger partial charge on any atom is -0.493 e. The summed E-state index contributed by atoms with van der Waals surface area (Å²) >= 11 is 0. The van der Waals surface area contributed by atoms with E-state index in [1.54, 1.807) is 13.3 Å². The molecule has 0 bridgehead atoms. The van der Waals surface area contributed by atoms with Crippen molar-refractivity contribution in [1.29, 1.82) is 0 Å². The first-order valence-corrected chi connectivity index (χ1v) is 7.19. The molecule has 1 aromatic carbocycles. The number of ether oxygens (including phenoxy) is 1. The zero-order chi connectivity index (χ0) is 15.2. The van der Waals surface area contributed by atoms with Crippen LogP contribution in [0.2, 0.25) is 0 Å². The summed E-state index contributed by atoms with van der Waals surface area (Å²) in [6.07, 6.45) is 3.52. The van der Waals surface area contributed by atoms with Gasteiger partial charge in [-0.05, 0) is 37.1 Å². The van der Waals surface area contributed by atoms with Crippen LogP contribution in [-0.2, 0) is 13.5 Å². The van der Waals surface area contributed by atoms with Gasteiger partial charge in [0.25, 0.3) is 0 Å². The number of nitrogens with zero attached hydrogens (tertiary/aromatic N) is 2. The highest BCUT2D eigenvalue weighted by Gasteiger charge is 2.20. The van der Waals surface area contributed by atoms with E-state index in [-0.39, 0.29) is 11.9 Å². The van der Waals surface area contributed by atoms with Gasteiger partial charge in [-0.2, -0.15) is 5.10 Å². The molecule has 1 N–H and O–H groups in total. The van der Waals surface area contributed by atoms with E-state index in [4.69, 9.17) is 4.74 Å². The second kappa shape index (κ2) is 7.22. The number of rotatable bonds is 7. The molecular formula is C16H22FN3O. The molecule has 1 unspecified atom stereocenters. The van der Waals surface area contributed by atoms with Gasteiger partial charge in [0.15, 0.2) is 5.75 Å². The van der Waals surface area contributed by atoms with Crippen LogP contribution < -0.4 is 10.1 Å². The fourth-order valence-electron chi connectivity index (χ4n) is 2.42. The van der Waals surface area contributed by atoms with Gasteiger partial charge in [-0.15, -0.1) is 0 Å². The Hall–Kier alpha value is -1.88. The van der Waals surface area contributed by atoms with Crippen LogP contribution in [-0.4, -0.2) is 23.4 Å². The third kappa shape index (κ3) is 3.82. The lowest BCUT2D eigenvalue weighted by Gasteiger charge is -2.20. The zero-order valence-electron chi connectivity index (χ0n) is 12.8. The number of hydrogen-bond donors (Lipinski definition) is 1. The summed E-state index contributed by atoms with van der Waals surface area (Å²) < 4.78 is 20.3. The maximum absolute atomic E-state index is 13.0. The molecule has 0 saturated heterocycles. The fraction of sp³-hybridized carbons (Fsp3) is 0.438. The molecule has 4 nitrogen and oxygen atoms in total. The molecule has 0 aliphatic rings. The number of halogens is 1. The number of nitrogens with one attached hydrogen (secondary N) is 1. The van der Waals surface area contributed by atoms with E-state index in [0.717, 1.165) is 36.4 Å². The monoisotopic (exact) mass is 291 g/mol. The predicted molar refractivity (Wildman–Crippen MR) is 80.9 cm³/mol. The molecule has 1 aromatic heterocycles. The second-order valence-corrected chi connectivity index (χ2v) is 5.06. The topological polar surface area (TPSA) is 39.1 Å². The van der Waals surface area contributed by atoms with Crippen LogP contribution in [0.15, 0.2) is 30.5 Å². The molecular weight excluding hydrogens is 269 g/mol. The third-order valence-corrected chi connectivity index (χ3v) is 3.49. The Morgan fingerprint density at radius 3 is 2.67 bits per heavy atom. The molecule has 0 fully saturated rings. The summed E-state index contributed by atoms with van der Waals surface area (Å²) in [6.45, 7) is 3.03. The molecule has 2 rings (SSSR count). The largest absolute Gasteiger partial charge is 0.493 e. The highest BCUT2D eigenvalue weighted by molar-refractivity contribution is 5.30. The third-order valence-electron chi connectivity index (χ3n) is 3.49. The molecule has 21 heavy (non-hydrogen) atoms. The molecule has 0 amide bonds. The number of aryl methyl sites for hydroxylation is 1. The van der Waals surface area contributed by atoms with Gasteiger partial charge in [-0.3, -0.25) is 4.68 Å². The van der Waals surface area contributed by atoms with Crippen molar-refractivity contribution in [3.8, 4) is 5.75 Å². The van der Waals surface area contributed by atoms with Crippen molar-refractivity contribution in [2.75, 3.05) is 13.7 Å². The van der Waals surface area contributed by atoms with E-state index in [1.165, 1.54) is 12.1 Å². The van der Waals surface area contributed by atoms with Gasteiger partial charge in [0.05, 0.1) is 25.0 Å². The first kappa shape index (κ1) is 15.5. The van der Waals surface area contributed by atoms with Crippen molar-refractivity contribution >= 4 is 0 Å². The van der Waals surface area contributed by atoms with Crippen molar-refractivity contribution in [3.05, 3.63) is 47.5 Å². The van der Waals surface area contributed by atoms with Crippen molar-refractivity contribution in [1.82, 2.24) is 15.1 Å². The Balaban J connectivity index is 2.25. The summed E-state index contributed by atoms with van der Waals surface area (Å²) in [6, 6.07) is 6.70. The van der Waals surface area contributed by atoms with Crippen LogP contribution in [0.5, 0.6) is 5.75 Å². The molecule has 0 spiro atoms. The normalized spacial score (nSPS) is 12.4. The van der Waals surface area contributed by atoms with Gasteiger partial charge in [0.2, 0.25) is 0 Å². The van der Waals surface area contributed by atoms with E-state index < -0.39 is 0 Å². The zero-order valence-corrected chi connectivity index (χ0v) is 12.8. The lowest BCUT2D eigenvalue weighted by molar-refractivity contribution is 0.392. The molecule has 5 heteroatoms. The summed E-state index contributed by atoms with van der Waals surface area (Å²) in [7, 11) is 3.55. The van der Waals surface area contributed by atoms with Gasteiger partial charge < -0.3 is 10.1 Å². The molecule has 1 atom stereocenters. The first-order chi connectivity index (χ1) is 10.2. The fourth-order valence-corrected chi connectivity index (χ4v) is 2.42. The molecule has 0 saturated carbocycles. The van der Waals surface area contributed by atoms with Gasteiger partial charge in [-0.1, -0.05) is 19.1 Å². The Morgan fingerprint density at radius 1 is 1.33 bits per heavy atom. The number of aromatic nitrogens is 2. The van der Waals surface area contributed by atoms with Crippen LogP contribution in [0, 0.1) is 5.82 Å². The molecule has 114 valence electrons. The summed E-state index contributed by atoms with van der Waals surface area (Å²) in [5, 5.41) is 7.78. The summed E-state index contributed by atoms with van der Waals surface area (Å²) in [5.74, 6) is 0.558. The maximum Gasteiger partial charge on any atom is 0.161 e. The minimum absolute atomic E-state index is 0.0814. The van der Waals surface area contributed by atoms with Crippen molar-refractivity contribution in [2.24, 2.45) is 7.05 Å². The molecule has 0 aliphatic heterocycles. The Morgan fingerprint density at radius 2 is 2.05 bits per heavy atom. The van der Waals surface area contributed by atoms with Gasteiger partial charge in [0, 0.05) is 7.05 Å². The number of methoxy groups -OCH3 is 1. The summed E-state index contributed by atoms with van der Waals surface area (Å²) in [4.78, 5) is 0. The van der Waals surface area contributed by atoms with Gasteiger partial charge in [-0.25, -0.2) is 4.39 Å². The van der Waals surface area contributed by atoms with Crippen LogP contribution in [0.25, 0.3) is 0 Å². The SMILES string of the molecule is CCCNC(Cc1ccc(F)cc1)c1c(OC)cnn1C. The highest BCUT2D eigenvalue weighted by Crippen LogP contribution is 2.27. The van der Waals surface area contributed by atoms with E-state index in [2.05, 4.69) is 17.3 Å². The lowest BCUT2D eigenvalue weighted by Crippen LogP contribution is -2.26. The van der Waals surface area contributed by atoms with Crippen molar-refractivity contribution < 1.29 is 9.13 Å². The average molecular weight is 291 g/mol. The number of benzene rings is 1. The van der Waals surface area contributed by atoms with Gasteiger partial charge in [0.1, 0.15) is 5.82 Å². The van der Waals surface area contributed by atoms with Crippen LogP contribution in [0.4, 0.5) is 4.39 Å². The lowest BCUT2D eigenvalue weighted by atomic mass is 10.0. The van der Waals surface area contributed by atoms with E-state index in [9.17, 15) is 4.39 Å². The van der Waals surface area contributed by atoms with Crippen molar-refractivity contribution in [2.45, 2.75) is 25.8 Å². The molecule has 0 aliphatic carbocycles. The molecule has 2 aromatic rings. The quantitative estimate of drug-likeness (QED) is 0.852. The van der Waals surface area contributed by atoms with E-state index in [0.29, 0.717) is 0 Å². The number of hydrogen-bond acceptors (Lipinski definition) is 3. The van der Waals surface area contributed by atoms with Gasteiger partial charge >= 0.3 is 0 Å². The molecule has 1 heterocycles. The van der Waals surface area contributed by atoms with Crippen LogP contribution >= 0.6 is 0 Å². The summed E-state index contributed by atoms with van der Waals surface area (Å²) in [5.41, 5.74) is 2.09. The smallest absolute Gasteiger partial charge is 0.161 e. The Kier molecular flexibility index (Phi) is 5.33. The van der Waals surface area contributed by atoms with Crippen LogP contribution in [0.1, 0.15) is 30.6 Å². The maximum atomic E-state index is 13.0. The average Bonchev–Trinajstić information content (AvgIpc) is 2.86. The van der Waals surface area contributed by atoms with E-state index >= 15 is 0 Å². The Labute approximate surface area is 124 Å². The first-order valence-electron chi connectivity index (χ1n) is 7.19. The Bertz CT molecular complexity index is 565. The van der Waals surface area contributed by atoms with Crippen molar-refractivity contribution in [3.63, 3.8) is 0 Å². The standard InChI is InChI=1S/C16H22FN3O/c1-4-9-18-14(10-12-5-7-13(17)8-6-12)16-15(21-3)11-19-20(16)2/h5-8,11,14,18H,4,9-10H2,1-3H3. The van der Waals surface area contributed by atoms with E-state index in [1.807, 2.05) is 23.9 Å². The minimum atomic E-state index is -0.213. The second-order valence-electron chi connectivity index (χ2n) is 5.06. The van der Waals surface area contributed by atoms with Crippen LogP contribution in [0.3, 0.4) is 0 Å². The highest BCUT2D eigenvalue weighted by atomic mass is 19.1.